The Balaban J connectivity index is 1.41. The molecule has 0 atom stereocenters. The number of carbonyl (C=O) groups is 2. The maximum absolute atomic E-state index is 12.3. The lowest BCUT2D eigenvalue weighted by atomic mass is 10.2. The zero-order valence-corrected chi connectivity index (χ0v) is 19.1. The van der Waals surface area contributed by atoms with E-state index >= 15 is 0 Å². The molecule has 2 amide bonds. The Morgan fingerprint density at radius 1 is 0.812 bits per heavy atom. The van der Waals surface area contributed by atoms with Crippen molar-refractivity contribution in [3.05, 3.63) is 88.4 Å². The van der Waals surface area contributed by atoms with Crippen molar-refractivity contribution in [2.24, 2.45) is 0 Å². The van der Waals surface area contributed by atoms with Gasteiger partial charge in [0.2, 0.25) is 0 Å². The highest BCUT2D eigenvalue weighted by Crippen LogP contribution is 2.25. The molecule has 0 heterocycles. The van der Waals surface area contributed by atoms with Crippen molar-refractivity contribution in [2.45, 2.75) is 6.92 Å². The lowest BCUT2D eigenvalue weighted by molar-refractivity contribution is -0.123. The highest BCUT2D eigenvalue weighted by molar-refractivity contribution is 9.10. The molecule has 0 fully saturated rings. The first-order valence-electron chi connectivity index (χ1n) is 9.90. The molecule has 0 aromatic heterocycles. The first-order chi connectivity index (χ1) is 15.5. The van der Waals surface area contributed by atoms with E-state index in [0.29, 0.717) is 30.3 Å². The van der Waals surface area contributed by atoms with Crippen molar-refractivity contribution in [3.63, 3.8) is 0 Å². The average molecular weight is 499 g/mol. The average Bonchev–Trinajstić information content (AvgIpc) is 2.80. The van der Waals surface area contributed by atoms with E-state index in [0.717, 1.165) is 15.8 Å². The van der Waals surface area contributed by atoms with Crippen LogP contribution in [0.5, 0.6) is 17.2 Å². The maximum atomic E-state index is 12.3. The molecule has 0 saturated carbocycles. The van der Waals surface area contributed by atoms with E-state index in [4.69, 9.17) is 14.2 Å². The van der Waals surface area contributed by atoms with Crippen molar-refractivity contribution in [3.8, 4) is 17.2 Å². The van der Waals surface area contributed by atoms with E-state index in [1.54, 1.807) is 30.3 Å². The topological polar surface area (TPSA) is 85.9 Å². The monoisotopic (exact) mass is 498 g/mol. The minimum atomic E-state index is -0.490. The lowest BCUT2D eigenvalue weighted by Crippen LogP contribution is -2.43. The van der Waals surface area contributed by atoms with Crippen LogP contribution in [0.15, 0.2) is 77.3 Å². The van der Waals surface area contributed by atoms with Gasteiger partial charge in [-0.1, -0.05) is 30.3 Å². The first-order valence-corrected chi connectivity index (χ1v) is 10.7. The number of ether oxygens (including phenoxy) is 3. The normalized spacial score (nSPS) is 10.2. The van der Waals surface area contributed by atoms with Gasteiger partial charge in [-0.25, -0.2) is 0 Å². The van der Waals surface area contributed by atoms with Gasteiger partial charge in [0.15, 0.2) is 6.61 Å². The van der Waals surface area contributed by atoms with Crippen LogP contribution in [0.4, 0.5) is 0 Å². The first kappa shape index (κ1) is 23.1. The third-order valence-electron chi connectivity index (χ3n) is 4.22. The van der Waals surface area contributed by atoms with E-state index in [-0.39, 0.29) is 6.61 Å². The predicted octanol–water partition coefficient (Wildman–Crippen LogP) is 4.06. The van der Waals surface area contributed by atoms with Gasteiger partial charge in [-0.15, -0.1) is 0 Å². The molecule has 0 aliphatic carbocycles. The van der Waals surface area contributed by atoms with Gasteiger partial charge in [-0.05, 0) is 70.9 Å². The van der Waals surface area contributed by atoms with Gasteiger partial charge in [0, 0.05) is 5.56 Å². The van der Waals surface area contributed by atoms with Crippen LogP contribution in [0, 0.1) is 6.92 Å². The molecule has 3 aromatic rings. The number of aryl methyl sites for hydroxylation is 1. The number of nitrogens with one attached hydrogen (secondary N) is 2. The summed E-state index contributed by atoms with van der Waals surface area (Å²) in [5.74, 6) is 0.863. The highest BCUT2D eigenvalue weighted by atomic mass is 79.9. The third-order valence-corrected chi connectivity index (χ3v) is 4.84. The standard InChI is InChI=1S/C24H23BrN2O5/c1-17-10-11-22(21(25)14-17)32-16-23(28)26-27-24(29)18-6-5-9-20(15-18)31-13-12-30-19-7-3-2-4-8-19/h2-11,14-15H,12-13,16H2,1H3,(H,26,28)(H,27,29). The van der Waals surface area contributed by atoms with Crippen LogP contribution in [0.3, 0.4) is 0 Å². The minimum Gasteiger partial charge on any atom is -0.490 e. The molecule has 0 unspecified atom stereocenters. The molecule has 0 bridgehead atoms. The number of para-hydroxylation sites is 1. The number of amides is 2. The molecule has 0 radical (unpaired) electrons. The van der Waals surface area contributed by atoms with E-state index in [9.17, 15) is 9.59 Å². The van der Waals surface area contributed by atoms with Crippen LogP contribution in [-0.4, -0.2) is 31.6 Å². The smallest absolute Gasteiger partial charge is 0.276 e. The molecule has 0 saturated heterocycles. The summed E-state index contributed by atoms with van der Waals surface area (Å²) in [6, 6.07) is 21.6. The summed E-state index contributed by atoms with van der Waals surface area (Å²) < 4.78 is 17.4. The molecular weight excluding hydrogens is 476 g/mol. The summed E-state index contributed by atoms with van der Waals surface area (Å²) in [5, 5.41) is 0. The minimum absolute atomic E-state index is 0.244. The van der Waals surface area contributed by atoms with Crippen molar-refractivity contribution in [1.29, 1.82) is 0 Å². The summed E-state index contributed by atoms with van der Waals surface area (Å²) in [6.07, 6.45) is 0. The number of carbonyl (C=O) groups excluding carboxylic acids is 2. The summed E-state index contributed by atoms with van der Waals surface area (Å²) in [5.41, 5.74) is 6.10. The predicted molar refractivity (Wildman–Crippen MR) is 124 cm³/mol. The summed E-state index contributed by atoms with van der Waals surface area (Å²) >= 11 is 3.38. The Morgan fingerprint density at radius 3 is 2.28 bits per heavy atom. The van der Waals surface area contributed by atoms with Crippen molar-refractivity contribution in [1.82, 2.24) is 10.9 Å². The van der Waals surface area contributed by atoms with Crippen LogP contribution in [0.25, 0.3) is 0 Å². The van der Waals surface area contributed by atoms with Crippen molar-refractivity contribution in [2.75, 3.05) is 19.8 Å². The van der Waals surface area contributed by atoms with Crippen LogP contribution in [0.1, 0.15) is 15.9 Å². The molecule has 0 spiro atoms. The Morgan fingerprint density at radius 2 is 1.53 bits per heavy atom. The number of rotatable bonds is 9. The second kappa shape index (κ2) is 11.8. The maximum Gasteiger partial charge on any atom is 0.276 e. The molecule has 166 valence electrons. The number of hydrazine groups is 1. The van der Waals surface area contributed by atoms with Gasteiger partial charge in [-0.2, -0.15) is 0 Å². The number of benzene rings is 3. The molecule has 3 aromatic carbocycles. The van der Waals surface area contributed by atoms with Gasteiger partial charge >= 0.3 is 0 Å². The third kappa shape index (κ3) is 7.31. The van der Waals surface area contributed by atoms with Crippen molar-refractivity contribution >= 4 is 27.7 Å². The quantitative estimate of drug-likeness (QED) is 0.343. The van der Waals surface area contributed by atoms with Gasteiger partial charge in [-0.3, -0.25) is 20.4 Å². The van der Waals surface area contributed by atoms with Crippen LogP contribution >= 0.6 is 15.9 Å². The van der Waals surface area contributed by atoms with E-state index in [1.165, 1.54) is 0 Å². The largest absolute Gasteiger partial charge is 0.490 e. The van der Waals surface area contributed by atoms with E-state index < -0.39 is 11.8 Å². The number of hydrogen-bond acceptors (Lipinski definition) is 5. The zero-order chi connectivity index (χ0) is 22.8. The fourth-order valence-corrected chi connectivity index (χ4v) is 3.27. The molecule has 3 rings (SSSR count). The highest BCUT2D eigenvalue weighted by Gasteiger charge is 2.10. The lowest BCUT2D eigenvalue weighted by Gasteiger charge is -2.11. The van der Waals surface area contributed by atoms with Gasteiger partial charge in [0.1, 0.15) is 30.5 Å². The van der Waals surface area contributed by atoms with Crippen LogP contribution < -0.4 is 25.1 Å². The molecule has 0 aliphatic heterocycles. The Bertz CT molecular complexity index is 1060. The summed E-state index contributed by atoms with van der Waals surface area (Å²) in [6.45, 7) is 2.40. The molecule has 0 aliphatic rings. The van der Waals surface area contributed by atoms with E-state index in [1.807, 2.05) is 49.4 Å². The summed E-state index contributed by atoms with van der Waals surface area (Å²) in [4.78, 5) is 24.3. The summed E-state index contributed by atoms with van der Waals surface area (Å²) in [7, 11) is 0. The second-order valence-electron chi connectivity index (χ2n) is 6.76. The number of halogens is 1. The Hall–Kier alpha value is -3.52. The van der Waals surface area contributed by atoms with Gasteiger partial charge in [0.05, 0.1) is 4.47 Å². The molecular formula is C24H23BrN2O5. The molecule has 32 heavy (non-hydrogen) atoms. The van der Waals surface area contributed by atoms with Gasteiger partial charge < -0.3 is 14.2 Å². The molecule has 7 nitrogen and oxygen atoms in total. The van der Waals surface area contributed by atoms with Crippen LogP contribution in [-0.2, 0) is 4.79 Å². The van der Waals surface area contributed by atoms with Crippen molar-refractivity contribution < 1.29 is 23.8 Å². The Kier molecular flexibility index (Phi) is 8.51. The van der Waals surface area contributed by atoms with Gasteiger partial charge in [0.25, 0.3) is 11.8 Å². The Labute approximate surface area is 194 Å². The molecule has 2 N–H and O–H groups in total. The zero-order valence-electron chi connectivity index (χ0n) is 17.5. The number of hydrogen-bond donors (Lipinski definition) is 2. The van der Waals surface area contributed by atoms with E-state index in [2.05, 4.69) is 26.8 Å². The fraction of sp³-hybridized carbons (Fsp3) is 0.167. The second-order valence-corrected chi connectivity index (χ2v) is 7.62. The fourth-order valence-electron chi connectivity index (χ4n) is 2.66. The van der Waals surface area contributed by atoms with Crippen LogP contribution in [0.2, 0.25) is 0 Å². The SMILES string of the molecule is Cc1ccc(OCC(=O)NNC(=O)c2cccc(OCCOc3ccccc3)c2)c(Br)c1. The molecule has 8 heteroatoms.